The maximum absolute atomic E-state index is 15.1. The van der Waals surface area contributed by atoms with Gasteiger partial charge >= 0.3 is 12.4 Å². The highest BCUT2D eigenvalue weighted by atomic mass is 19.4. The van der Waals surface area contributed by atoms with Crippen molar-refractivity contribution in [3.8, 4) is 57.1 Å². The number of alkyl halides is 6. The first kappa shape index (κ1) is 48.3. The fraction of sp³-hybridized carbons (Fsp3) is 0.0286. The third kappa shape index (κ3) is 7.08. The first-order valence-corrected chi connectivity index (χ1v) is 26.3. The molecule has 4 heterocycles. The number of para-hydroxylation sites is 6. The zero-order chi connectivity index (χ0) is 55.8. The van der Waals surface area contributed by atoms with Gasteiger partial charge in [-0.15, -0.1) is 0 Å². The average molecular weight is 1080 g/mol. The van der Waals surface area contributed by atoms with Gasteiger partial charge in [0, 0.05) is 65.6 Å². The second kappa shape index (κ2) is 17.8. The Morgan fingerprint density at radius 3 is 0.902 bits per heavy atom. The van der Waals surface area contributed by atoms with Gasteiger partial charge in [0.25, 0.3) is 0 Å². The normalized spacial score (nSPS) is 12.2. The molecule has 0 saturated carbocycles. The average Bonchev–Trinajstić information content (AvgIpc) is 3.41. The van der Waals surface area contributed by atoms with Crippen molar-refractivity contribution < 1.29 is 26.3 Å². The fourth-order valence-electron chi connectivity index (χ4n) is 12.7. The third-order valence-electron chi connectivity index (χ3n) is 16.1. The van der Waals surface area contributed by atoms with Crippen molar-refractivity contribution in [2.75, 3.05) is 0 Å². The van der Waals surface area contributed by atoms with Crippen molar-refractivity contribution in [3.05, 3.63) is 253 Å². The number of nitrogens with zero attached hydrogens (tertiary/aromatic N) is 6. The predicted octanol–water partition coefficient (Wildman–Crippen LogP) is 19.2. The molecule has 4 aromatic heterocycles. The van der Waals surface area contributed by atoms with Crippen molar-refractivity contribution in [3.63, 3.8) is 0 Å². The maximum atomic E-state index is 15.1. The fourth-order valence-corrected chi connectivity index (χ4v) is 12.7. The maximum Gasteiger partial charge on any atom is 0.416 e. The second-order valence-electron chi connectivity index (χ2n) is 20.4. The first-order chi connectivity index (χ1) is 39.9. The van der Waals surface area contributed by atoms with E-state index in [1.54, 1.807) is 57.7 Å². The SMILES string of the molecule is N#Cc1c(-c2ccc(-n3c4ccccc4c4ccccc43)cc2)c(-c2ccc(-n3c4ccccc4c4ccccc43)cc2)c(-n2c3ccccc3c3ccc(C(F)(F)F)cc32)c(C#N)c1-n1c2ccccc2c2ccc(C(F)(F)F)cc21. The molecule has 390 valence electrons. The monoisotopic (exact) mass is 1080 g/mol. The molecule has 0 unspecified atom stereocenters. The van der Waals surface area contributed by atoms with Crippen LogP contribution in [0.4, 0.5) is 26.3 Å². The standard InChI is InChI=1S/C70H38F6N6/c71-69(72,73)43-29-35-53-51-17-5-11-23-61(51)81(63(53)37-43)67-55(39-77)65(41-25-31-45(32-26-41)79-57-19-7-1-13-47(57)48-14-2-8-20-58(48)79)66(42-27-33-46(34-28-42)80-59-21-9-3-15-49(59)50-16-4-10-22-60(50)80)68(56(67)40-78)82-62-24-12-6-18-52(62)54-36-30-44(38-64(54)82)70(74,75)76/h1-38H. The highest BCUT2D eigenvalue weighted by molar-refractivity contribution is 6.15. The molecule has 0 atom stereocenters. The number of nitriles is 2. The Bertz CT molecular complexity index is 5160. The largest absolute Gasteiger partial charge is 0.416 e. The van der Waals surface area contributed by atoms with E-state index < -0.39 is 23.5 Å². The van der Waals surface area contributed by atoms with Gasteiger partial charge in [0.05, 0.1) is 72.2 Å². The zero-order valence-corrected chi connectivity index (χ0v) is 42.9. The van der Waals surface area contributed by atoms with E-state index in [-0.39, 0.29) is 33.5 Å². The van der Waals surface area contributed by atoms with E-state index in [1.807, 2.05) is 121 Å². The Labute approximate surface area is 462 Å². The quantitative estimate of drug-likeness (QED) is 0.156. The summed E-state index contributed by atoms with van der Waals surface area (Å²) >= 11 is 0. The topological polar surface area (TPSA) is 67.3 Å². The highest BCUT2D eigenvalue weighted by Crippen LogP contribution is 2.50. The van der Waals surface area contributed by atoms with Crippen LogP contribution in [0, 0.1) is 22.7 Å². The molecule has 6 nitrogen and oxygen atoms in total. The van der Waals surface area contributed by atoms with Crippen molar-refractivity contribution >= 4 is 87.2 Å². The van der Waals surface area contributed by atoms with Crippen LogP contribution < -0.4 is 0 Å². The Morgan fingerprint density at radius 1 is 0.280 bits per heavy atom. The molecule has 0 N–H and O–H groups in total. The van der Waals surface area contributed by atoms with Gasteiger partial charge in [0.2, 0.25) is 0 Å². The van der Waals surface area contributed by atoms with E-state index in [2.05, 4.69) is 45.5 Å². The number of aromatic nitrogens is 4. The van der Waals surface area contributed by atoms with E-state index in [0.717, 1.165) is 79.3 Å². The molecule has 82 heavy (non-hydrogen) atoms. The van der Waals surface area contributed by atoms with Crippen LogP contribution in [0.3, 0.4) is 0 Å². The van der Waals surface area contributed by atoms with Crippen molar-refractivity contribution in [1.29, 1.82) is 10.5 Å². The zero-order valence-electron chi connectivity index (χ0n) is 42.9. The molecule has 0 aliphatic heterocycles. The molecule has 15 aromatic rings. The molecule has 0 fully saturated rings. The van der Waals surface area contributed by atoms with Crippen LogP contribution in [0.1, 0.15) is 22.3 Å². The molecule has 0 radical (unpaired) electrons. The smallest absolute Gasteiger partial charge is 0.309 e. The van der Waals surface area contributed by atoms with Crippen LogP contribution in [0.15, 0.2) is 231 Å². The summed E-state index contributed by atoms with van der Waals surface area (Å²) in [4.78, 5) is 0. The van der Waals surface area contributed by atoms with Gasteiger partial charge in [0.15, 0.2) is 0 Å². The molecule has 0 aliphatic carbocycles. The van der Waals surface area contributed by atoms with Gasteiger partial charge in [0.1, 0.15) is 17.7 Å². The number of fused-ring (bicyclic) bond motifs is 12. The minimum atomic E-state index is -4.78. The molecule has 11 aromatic carbocycles. The summed E-state index contributed by atoms with van der Waals surface area (Å²) < 4.78 is 97.7. The number of halogens is 6. The molecule has 0 spiro atoms. The number of hydrogen-bond acceptors (Lipinski definition) is 2. The Kier molecular flexibility index (Phi) is 10.5. The van der Waals surface area contributed by atoms with Gasteiger partial charge < -0.3 is 18.3 Å². The molecule has 0 aliphatic rings. The van der Waals surface area contributed by atoms with Crippen LogP contribution in [0.5, 0.6) is 0 Å². The molecule has 12 heteroatoms. The van der Waals surface area contributed by atoms with Crippen molar-refractivity contribution in [2.24, 2.45) is 0 Å². The van der Waals surface area contributed by atoms with Crippen LogP contribution in [0.2, 0.25) is 0 Å². The minimum Gasteiger partial charge on any atom is -0.309 e. The minimum absolute atomic E-state index is 0.0458. The lowest BCUT2D eigenvalue weighted by molar-refractivity contribution is -0.138. The van der Waals surface area contributed by atoms with Gasteiger partial charge in [-0.2, -0.15) is 36.9 Å². The van der Waals surface area contributed by atoms with E-state index in [1.165, 1.54) is 12.1 Å². The Hall–Kier alpha value is -10.8. The molecule has 0 bridgehead atoms. The van der Waals surface area contributed by atoms with Crippen molar-refractivity contribution in [1.82, 2.24) is 18.3 Å². The van der Waals surface area contributed by atoms with Gasteiger partial charge in [-0.05, 0) is 96.1 Å². The van der Waals surface area contributed by atoms with E-state index >= 15 is 13.2 Å². The highest BCUT2D eigenvalue weighted by Gasteiger charge is 2.36. The van der Waals surface area contributed by atoms with Gasteiger partial charge in [-0.3, -0.25) is 0 Å². The first-order valence-electron chi connectivity index (χ1n) is 26.3. The number of benzene rings is 11. The van der Waals surface area contributed by atoms with Gasteiger partial charge in [-0.25, -0.2) is 0 Å². The summed E-state index contributed by atoms with van der Waals surface area (Å²) in [6.07, 6.45) is -9.56. The molecule has 0 amide bonds. The lowest BCUT2D eigenvalue weighted by Gasteiger charge is -2.25. The second-order valence-corrected chi connectivity index (χ2v) is 20.4. The van der Waals surface area contributed by atoms with Crippen LogP contribution >= 0.6 is 0 Å². The predicted molar refractivity (Wildman–Crippen MR) is 314 cm³/mol. The summed E-state index contributed by atoms with van der Waals surface area (Å²) in [7, 11) is 0. The van der Waals surface area contributed by atoms with E-state index in [4.69, 9.17) is 0 Å². The third-order valence-corrected chi connectivity index (χ3v) is 16.1. The van der Waals surface area contributed by atoms with E-state index in [0.29, 0.717) is 54.8 Å². The Balaban J connectivity index is 1.12. The molecule has 0 saturated heterocycles. The lowest BCUT2D eigenvalue weighted by atomic mass is 9.85. The lowest BCUT2D eigenvalue weighted by Crippen LogP contribution is -2.12. The molecular weight excluding hydrogens is 1040 g/mol. The molecular formula is C70H38F6N6. The summed E-state index contributed by atoms with van der Waals surface area (Å²) in [5.74, 6) is 0. The number of hydrogen-bond donors (Lipinski definition) is 0. The van der Waals surface area contributed by atoms with Crippen molar-refractivity contribution in [2.45, 2.75) is 12.4 Å². The summed E-state index contributed by atoms with van der Waals surface area (Å²) in [6.45, 7) is 0. The summed E-state index contributed by atoms with van der Waals surface area (Å²) in [5, 5.41) is 30.4. The molecule has 15 rings (SSSR count). The van der Waals surface area contributed by atoms with Gasteiger partial charge in [-0.1, -0.05) is 146 Å². The van der Waals surface area contributed by atoms with E-state index in [9.17, 15) is 23.7 Å². The van der Waals surface area contributed by atoms with Crippen LogP contribution in [0.25, 0.3) is 132 Å². The number of rotatable bonds is 6. The van der Waals surface area contributed by atoms with Crippen LogP contribution in [-0.4, -0.2) is 18.3 Å². The summed E-state index contributed by atoms with van der Waals surface area (Å²) in [5.41, 5.74) is 5.98. The Morgan fingerprint density at radius 2 is 0.573 bits per heavy atom. The van der Waals surface area contributed by atoms with Crippen LogP contribution in [-0.2, 0) is 12.4 Å². The summed E-state index contributed by atoms with van der Waals surface area (Å²) in [6, 6.07) is 73.6.